The highest BCUT2D eigenvalue weighted by Gasteiger charge is 2.26. The number of nitrogens with zero attached hydrogens (tertiary/aromatic N) is 5. The second-order valence-corrected chi connectivity index (χ2v) is 10.00. The summed E-state index contributed by atoms with van der Waals surface area (Å²) in [7, 11) is 1.18. The van der Waals surface area contributed by atoms with Gasteiger partial charge in [0.05, 0.1) is 17.9 Å². The van der Waals surface area contributed by atoms with E-state index in [1.807, 2.05) is 19.0 Å². The third kappa shape index (κ3) is 4.54. The maximum atomic E-state index is 13.1. The van der Waals surface area contributed by atoms with E-state index in [1.165, 1.54) is 22.0 Å². The Bertz CT molecular complexity index is 1070. The van der Waals surface area contributed by atoms with Crippen molar-refractivity contribution in [3.63, 3.8) is 0 Å². The first kappa shape index (κ1) is 21.6. The molecule has 0 bridgehead atoms. The number of hydrogen-bond acceptors (Lipinski definition) is 5. The molecule has 2 aliphatic rings. The van der Waals surface area contributed by atoms with Crippen LogP contribution in [0.3, 0.4) is 0 Å². The van der Waals surface area contributed by atoms with Crippen molar-refractivity contribution >= 4 is 27.6 Å². The summed E-state index contributed by atoms with van der Waals surface area (Å²) in [6.45, 7) is 0.638. The molecule has 1 aromatic heterocycles. The van der Waals surface area contributed by atoms with E-state index >= 15 is 0 Å². The third-order valence-corrected chi connectivity index (χ3v) is 7.26. The number of aromatic nitrogens is 2. The van der Waals surface area contributed by atoms with E-state index in [9.17, 15) is 13.5 Å². The predicted octanol–water partition coefficient (Wildman–Crippen LogP) is 0.839. The summed E-state index contributed by atoms with van der Waals surface area (Å²) in [6, 6.07) is 1.41. The van der Waals surface area contributed by atoms with E-state index < -0.39 is 16.2 Å². The molecular formula is C21H29N6O3S-. The minimum absolute atomic E-state index is 0.161. The van der Waals surface area contributed by atoms with E-state index in [1.54, 1.807) is 13.2 Å². The van der Waals surface area contributed by atoms with Crippen LogP contribution in [-0.4, -0.2) is 56.3 Å². The number of fused-ring (bicyclic) bond motifs is 2. The van der Waals surface area contributed by atoms with Crippen LogP contribution in [0.15, 0.2) is 22.9 Å². The highest BCUT2D eigenvalue weighted by molar-refractivity contribution is 7.91. The van der Waals surface area contributed by atoms with Crippen molar-refractivity contribution in [3.05, 3.63) is 40.7 Å². The molecule has 0 amide bonds. The summed E-state index contributed by atoms with van der Waals surface area (Å²) in [5, 5.41) is 19.7. The Morgan fingerprint density at radius 2 is 1.81 bits per heavy atom. The van der Waals surface area contributed by atoms with Crippen LogP contribution in [-0.2, 0) is 42.9 Å². The van der Waals surface area contributed by atoms with Crippen LogP contribution < -0.4 is 14.7 Å². The number of nitrogens with one attached hydrogen (secondary N) is 1. The third-order valence-electron chi connectivity index (χ3n) is 5.91. The Hall–Kier alpha value is -2.59. The van der Waals surface area contributed by atoms with Gasteiger partial charge in [0.15, 0.2) is 0 Å². The van der Waals surface area contributed by atoms with Gasteiger partial charge in [0.25, 0.3) is 0 Å². The topological polar surface area (TPSA) is 106 Å². The molecule has 0 unspecified atom stereocenters. The molecule has 0 aliphatic heterocycles. The van der Waals surface area contributed by atoms with Crippen LogP contribution in [0.5, 0.6) is 0 Å². The number of amidine groups is 1. The maximum absolute atomic E-state index is 13.1. The van der Waals surface area contributed by atoms with Crippen molar-refractivity contribution in [2.24, 2.45) is 11.4 Å². The molecule has 0 atom stereocenters. The van der Waals surface area contributed by atoms with Gasteiger partial charge in [-0.2, -0.15) is 13.5 Å². The van der Waals surface area contributed by atoms with Gasteiger partial charge >= 0.3 is 10.2 Å². The summed E-state index contributed by atoms with van der Waals surface area (Å²) in [5.41, 5.74) is 5.97. The van der Waals surface area contributed by atoms with Gasteiger partial charge < -0.3 is 15.3 Å². The molecule has 0 fully saturated rings. The number of hydrogen-bond donors (Lipinski definition) is 1. The van der Waals surface area contributed by atoms with Crippen molar-refractivity contribution in [2.45, 2.75) is 38.5 Å². The lowest BCUT2D eigenvalue weighted by Crippen LogP contribution is -2.38. The monoisotopic (exact) mass is 445 g/mol. The first-order valence-corrected chi connectivity index (χ1v) is 12.0. The summed E-state index contributed by atoms with van der Waals surface area (Å²) < 4.78 is 32.4. The zero-order valence-electron chi connectivity index (χ0n) is 18.3. The van der Waals surface area contributed by atoms with E-state index in [0.717, 1.165) is 59.6 Å². The second kappa shape index (κ2) is 8.51. The lowest BCUT2D eigenvalue weighted by atomic mass is 9.99. The highest BCUT2D eigenvalue weighted by atomic mass is 32.2. The van der Waals surface area contributed by atoms with Crippen molar-refractivity contribution in [1.82, 2.24) is 14.7 Å². The second-order valence-electron chi connectivity index (χ2n) is 8.48. The fourth-order valence-corrected chi connectivity index (χ4v) is 5.48. The highest BCUT2D eigenvalue weighted by Crippen LogP contribution is 2.38. The van der Waals surface area contributed by atoms with Gasteiger partial charge in [0.1, 0.15) is 0 Å². The SMILES string of the molecule is CN(C)CCN(c1cnn(C)c1)S(=O)(=O)/N=C(\[O-])Nc1c2c(cc3c1CCC3)CCC2. The Morgan fingerprint density at radius 3 is 2.35 bits per heavy atom. The molecule has 1 heterocycles. The standard InChI is InChI=1S/C21H30N6O3S/c1-25(2)10-11-27(17-13-22-26(3)14-17)31(29,30)24-21(28)23-20-18-8-4-6-15(18)12-16-7-5-9-19(16)20/h12-14H,4-11H2,1-3H3,(H2,23,24,28)/p-1. The Balaban J connectivity index is 1.64. The van der Waals surface area contributed by atoms with Gasteiger partial charge in [-0.1, -0.05) is 6.07 Å². The Labute approximate surface area is 183 Å². The summed E-state index contributed by atoms with van der Waals surface area (Å²) >= 11 is 0. The fourth-order valence-electron chi connectivity index (χ4n) is 4.46. The molecule has 0 spiro atoms. The average Bonchev–Trinajstić information content (AvgIpc) is 3.41. The summed E-state index contributed by atoms with van der Waals surface area (Å²) in [6.07, 6.45) is 8.95. The van der Waals surface area contributed by atoms with Crippen molar-refractivity contribution < 1.29 is 13.5 Å². The largest absolute Gasteiger partial charge is 0.845 e. The lowest BCUT2D eigenvalue weighted by molar-refractivity contribution is -0.213. The van der Waals surface area contributed by atoms with Gasteiger partial charge in [-0.25, -0.2) is 4.31 Å². The van der Waals surface area contributed by atoms with E-state index in [2.05, 4.69) is 20.9 Å². The molecule has 4 rings (SSSR count). The van der Waals surface area contributed by atoms with E-state index in [0.29, 0.717) is 12.2 Å². The Morgan fingerprint density at radius 1 is 1.16 bits per heavy atom. The smallest absolute Gasteiger partial charge is 0.345 e. The van der Waals surface area contributed by atoms with Crippen molar-refractivity contribution in [2.75, 3.05) is 36.8 Å². The predicted molar refractivity (Wildman–Crippen MR) is 120 cm³/mol. The quantitative estimate of drug-likeness (QED) is 0.500. The zero-order chi connectivity index (χ0) is 22.2. The van der Waals surface area contributed by atoms with Gasteiger partial charge in [0, 0.05) is 32.0 Å². The molecular weight excluding hydrogens is 416 g/mol. The normalized spacial score (nSPS) is 15.9. The molecule has 2 aliphatic carbocycles. The van der Waals surface area contributed by atoms with Crippen molar-refractivity contribution in [3.8, 4) is 0 Å². The zero-order valence-corrected chi connectivity index (χ0v) is 19.1. The Kier molecular flexibility index (Phi) is 5.94. The number of aryl methyl sites for hydroxylation is 3. The van der Waals surface area contributed by atoms with Crippen LogP contribution in [0.25, 0.3) is 0 Å². The van der Waals surface area contributed by atoms with Gasteiger partial charge in [-0.15, -0.1) is 4.40 Å². The minimum atomic E-state index is -4.24. The first-order chi connectivity index (χ1) is 14.7. The molecule has 0 saturated carbocycles. The molecule has 1 N–H and O–H groups in total. The molecule has 9 nitrogen and oxygen atoms in total. The molecule has 2 aromatic rings. The van der Waals surface area contributed by atoms with E-state index in [4.69, 9.17) is 0 Å². The summed E-state index contributed by atoms with van der Waals surface area (Å²) in [5.74, 6) is 0. The van der Waals surface area contributed by atoms with Crippen LogP contribution in [0, 0.1) is 0 Å². The van der Waals surface area contributed by atoms with Crippen LogP contribution in [0.1, 0.15) is 35.1 Å². The van der Waals surface area contributed by atoms with Gasteiger partial charge in [0.2, 0.25) is 0 Å². The molecule has 10 heteroatoms. The minimum Gasteiger partial charge on any atom is -0.845 e. The number of rotatable bonds is 7. The number of benzene rings is 1. The average molecular weight is 446 g/mol. The number of likely N-dealkylation sites (N-methyl/N-ethyl adjacent to an activating group) is 1. The van der Waals surface area contributed by atoms with Gasteiger partial charge in [-0.3, -0.25) is 4.68 Å². The molecule has 31 heavy (non-hydrogen) atoms. The molecule has 0 saturated heterocycles. The first-order valence-electron chi connectivity index (χ1n) is 10.6. The van der Waals surface area contributed by atoms with Crippen LogP contribution in [0.2, 0.25) is 0 Å². The molecule has 168 valence electrons. The molecule has 0 radical (unpaired) electrons. The lowest BCUT2D eigenvalue weighted by Gasteiger charge is -2.24. The van der Waals surface area contributed by atoms with Crippen LogP contribution >= 0.6 is 0 Å². The van der Waals surface area contributed by atoms with Crippen molar-refractivity contribution in [1.29, 1.82) is 0 Å². The van der Waals surface area contributed by atoms with Crippen LogP contribution in [0.4, 0.5) is 11.4 Å². The molecule has 1 aromatic carbocycles. The van der Waals surface area contributed by atoms with E-state index in [-0.39, 0.29) is 6.54 Å². The maximum Gasteiger partial charge on any atom is 0.345 e. The van der Waals surface area contributed by atoms with Gasteiger partial charge in [-0.05, 0) is 74.9 Å². The number of anilines is 2. The summed E-state index contributed by atoms with van der Waals surface area (Å²) in [4.78, 5) is 1.87. The fraction of sp³-hybridized carbons (Fsp3) is 0.524.